The highest BCUT2D eigenvalue weighted by molar-refractivity contribution is 6.31. The van der Waals surface area contributed by atoms with E-state index in [0.717, 1.165) is 19.3 Å². The van der Waals surface area contributed by atoms with Gasteiger partial charge in [-0.3, -0.25) is 10.1 Å². The van der Waals surface area contributed by atoms with E-state index >= 15 is 0 Å². The van der Waals surface area contributed by atoms with Gasteiger partial charge in [-0.1, -0.05) is 24.9 Å². The summed E-state index contributed by atoms with van der Waals surface area (Å²) in [5.74, 6) is 0.706. The molecule has 92 valence electrons. The van der Waals surface area contributed by atoms with Crippen molar-refractivity contribution in [1.82, 2.24) is 9.97 Å². The van der Waals surface area contributed by atoms with Crippen molar-refractivity contribution < 1.29 is 4.92 Å². The van der Waals surface area contributed by atoms with E-state index in [2.05, 4.69) is 22.2 Å². The summed E-state index contributed by atoms with van der Waals surface area (Å²) in [4.78, 5) is 17.9. The van der Waals surface area contributed by atoms with E-state index in [-0.39, 0.29) is 22.7 Å². The standard InChI is InChI=1S/C10H13ClN4O2/c1-6-3-2-4-7(6)14-10-8(15(16)17)9(11)12-5-13-10/h5-7H,2-4H2,1H3,(H,12,13,14). The van der Waals surface area contributed by atoms with Gasteiger partial charge in [0.1, 0.15) is 6.33 Å². The molecule has 1 aromatic heterocycles. The molecule has 1 N–H and O–H groups in total. The molecule has 6 nitrogen and oxygen atoms in total. The van der Waals surface area contributed by atoms with Crippen LogP contribution in [-0.2, 0) is 0 Å². The van der Waals surface area contributed by atoms with Gasteiger partial charge in [0, 0.05) is 6.04 Å². The summed E-state index contributed by atoms with van der Waals surface area (Å²) in [5.41, 5.74) is -0.242. The van der Waals surface area contributed by atoms with Crippen molar-refractivity contribution in [1.29, 1.82) is 0 Å². The predicted molar refractivity (Wildman–Crippen MR) is 64.1 cm³/mol. The molecule has 0 amide bonds. The van der Waals surface area contributed by atoms with Gasteiger partial charge in [0.15, 0.2) is 0 Å². The molecule has 0 radical (unpaired) electrons. The average Bonchev–Trinajstić information content (AvgIpc) is 2.64. The van der Waals surface area contributed by atoms with Crippen LogP contribution in [0.4, 0.5) is 11.5 Å². The predicted octanol–water partition coefficient (Wildman–Crippen LogP) is 2.64. The van der Waals surface area contributed by atoms with Crippen molar-refractivity contribution in [3.8, 4) is 0 Å². The topological polar surface area (TPSA) is 81.0 Å². The van der Waals surface area contributed by atoms with E-state index in [0.29, 0.717) is 5.92 Å². The molecule has 2 rings (SSSR count). The highest BCUT2D eigenvalue weighted by Crippen LogP contribution is 2.33. The lowest BCUT2D eigenvalue weighted by molar-refractivity contribution is -0.384. The van der Waals surface area contributed by atoms with E-state index in [1.54, 1.807) is 0 Å². The lowest BCUT2D eigenvalue weighted by Gasteiger charge is -2.17. The van der Waals surface area contributed by atoms with Crippen LogP contribution in [0.25, 0.3) is 0 Å². The Balaban J connectivity index is 2.26. The average molecular weight is 257 g/mol. The molecule has 7 heteroatoms. The smallest absolute Gasteiger partial charge is 0.348 e. The molecule has 0 bridgehead atoms. The Kier molecular flexibility index (Phi) is 3.42. The van der Waals surface area contributed by atoms with Crippen molar-refractivity contribution in [3.63, 3.8) is 0 Å². The normalized spacial score (nSPS) is 23.6. The second-order valence-electron chi connectivity index (χ2n) is 4.28. The SMILES string of the molecule is CC1CCCC1Nc1ncnc(Cl)c1[N+](=O)[O-]. The first kappa shape index (κ1) is 12.0. The molecule has 0 aliphatic heterocycles. The Morgan fingerprint density at radius 3 is 2.88 bits per heavy atom. The number of nitro groups is 1. The van der Waals surface area contributed by atoms with Crippen LogP contribution in [0.2, 0.25) is 5.15 Å². The van der Waals surface area contributed by atoms with Gasteiger partial charge < -0.3 is 5.32 Å². The Bertz CT molecular complexity index is 440. The zero-order valence-corrected chi connectivity index (χ0v) is 10.1. The van der Waals surface area contributed by atoms with Crippen LogP contribution >= 0.6 is 11.6 Å². The number of anilines is 1. The summed E-state index contributed by atoms with van der Waals surface area (Å²) in [7, 11) is 0. The van der Waals surface area contributed by atoms with Gasteiger partial charge >= 0.3 is 5.69 Å². The third-order valence-corrected chi connectivity index (χ3v) is 3.42. The molecule has 1 fully saturated rings. The van der Waals surface area contributed by atoms with E-state index in [9.17, 15) is 10.1 Å². The number of hydrogen-bond acceptors (Lipinski definition) is 5. The Morgan fingerprint density at radius 2 is 2.29 bits per heavy atom. The molecular weight excluding hydrogens is 244 g/mol. The molecule has 0 aromatic carbocycles. The second-order valence-corrected chi connectivity index (χ2v) is 4.64. The summed E-state index contributed by atoms with van der Waals surface area (Å²) in [6.07, 6.45) is 4.49. The van der Waals surface area contributed by atoms with Gasteiger partial charge in [-0.05, 0) is 18.8 Å². The molecule has 1 aliphatic rings. The molecule has 17 heavy (non-hydrogen) atoms. The van der Waals surface area contributed by atoms with E-state index in [1.807, 2.05) is 0 Å². The van der Waals surface area contributed by atoms with Crippen LogP contribution in [-0.4, -0.2) is 20.9 Å². The zero-order valence-electron chi connectivity index (χ0n) is 9.39. The molecule has 1 heterocycles. The lowest BCUT2D eigenvalue weighted by Crippen LogP contribution is -2.23. The number of hydrogen-bond donors (Lipinski definition) is 1. The van der Waals surface area contributed by atoms with Crippen molar-refractivity contribution in [2.75, 3.05) is 5.32 Å². The van der Waals surface area contributed by atoms with Crippen LogP contribution < -0.4 is 5.32 Å². The molecule has 0 saturated heterocycles. The van der Waals surface area contributed by atoms with Gasteiger partial charge in [-0.15, -0.1) is 0 Å². The summed E-state index contributed by atoms with van der Waals surface area (Å²) in [5, 5.41) is 13.9. The van der Waals surface area contributed by atoms with Gasteiger partial charge in [0.05, 0.1) is 4.92 Å². The van der Waals surface area contributed by atoms with E-state index < -0.39 is 4.92 Å². The number of nitrogens with one attached hydrogen (secondary N) is 1. The summed E-state index contributed by atoms with van der Waals surface area (Å²) in [6.45, 7) is 2.12. The Hall–Kier alpha value is -1.43. The number of nitrogens with zero attached hydrogens (tertiary/aromatic N) is 3. The number of rotatable bonds is 3. The lowest BCUT2D eigenvalue weighted by atomic mass is 10.1. The van der Waals surface area contributed by atoms with Crippen LogP contribution in [0.3, 0.4) is 0 Å². The van der Waals surface area contributed by atoms with Crippen LogP contribution in [0, 0.1) is 16.0 Å². The van der Waals surface area contributed by atoms with Crippen LogP contribution in [0.5, 0.6) is 0 Å². The van der Waals surface area contributed by atoms with Gasteiger partial charge in [-0.25, -0.2) is 9.97 Å². The number of aromatic nitrogens is 2. The fourth-order valence-electron chi connectivity index (χ4n) is 2.16. The van der Waals surface area contributed by atoms with Crippen molar-refractivity contribution in [2.45, 2.75) is 32.2 Å². The molecule has 1 aliphatic carbocycles. The Morgan fingerprint density at radius 1 is 1.53 bits per heavy atom. The maximum absolute atomic E-state index is 10.9. The first-order chi connectivity index (χ1) is 8.09. The monoisotopic (exact) mass is 256 g/mol. The van der Waals surface area contributed by atoms with Crippen molar-refractivity contribution in [3.05, 3.63) is 21.6 Å². The minimum atomic E-state index is -0.551. The first-order valence-corrected chi connectivity index (χ1v) is 5.89. The fraction of sp³-hybridized carbons (Fsp3) is 0.600. The second kappa shape index (κ2) is 4.83. The quantitative estimate of drug-likeness (QED) is 0.511. The zero-order chi connectivity index (χ0) is 12.4. The van der Waals surface area contributed by atoms with Crippen molar-refractivity contribution in [2.24, 2.45) is 5.92 Å². The van der Waals surface area contributed by atoms with Crippen LogP contribution in [0.15, 0.2) is 6.33 Å². The van der Waals surface area contributed by atoms with E-state index in [4.69, 9.17) is 11.6 Å². The summed E-state index contributed by atoms with van der Waals surface area (Å²) in [6, 6.07) is 0.222. The van der Waals surface area contributed by atoms with E-state index in [1.165, 1.54) is 6.33 Å². The van der Waals surface area contributed by atoms with Crippen LogP contribution in [0.1, 0.15) is 26.2 Å². The molecule has 1 aromatic rings. The molecule has 2 unspecified atom stereocenters. The summed E-state index contributed by atoms with van der Waals surface area (Å²) < 4.78 is 0. The maximum atomic E-state index is 10.9. The molecule has 1 saturated carbocycles. The summed E-state index contributed by atoms with van der Waals surface area (Å²) >= 11 is 5.71. The third kappa shape index (κ3) is 2.46. The fourth-order valence-corrected chi connectivity index (χ4v) is 2.36. The van der Waals surface area contributed by atoms with Crippen molar-refractivity contribution >= 4 is 23.1 Å². The number of halogens is 1. The minimum absolute atomic E-state index is 0.127. The first-order valence-electron chi connectivity index (χ1n) is 5.51. The minimum Gasteiger partial charge on any atom is -0.361 e. The largest absolute Gasteiger partial charge is 0.361 e. The molecule has 0 spiro atoms. The van der Waals surface area contributed by atoms with Gasteiger partial charge in [-0.2, -0.15) is 0 Å². The van der Waals surface area contributed by atoms with Gasteiger partial charge in [0.2, 0.25) is 11.0 Å². The highest BCUT2D eigenvalue weighted by Gasteiger charge is 2.28. The molecular formula is C10H13ClN4O2. The molecule has 2 atom stereocenters. The highest BCUT2D eigenvalue weighted by atomic mass is 35.5. The van der Waals surface area contributed by atoms with Gasteiger partial charge in [0.25, 0.3) is 0 Å². The Labute approximate surface area is 104 Å². The third-order valence-electron chi connectivity index (χ3n) is 3.14. The maximum Gasteiger partial charge on any atom is 0.348 e.